The van der Waals surface area contributed by atoms with E-state index in [1.165, 1.54) is 7.11 Å². The lowest BCUT2D eigenvalue weighted by Gasteiger charge is -2.14. The highest BCUT2D eigenvalue weighted by Crippen LogP contribution is 2.19. The molecule has 0 atom stereocenters. The van der Waals surface area contributed by atoms with Crippen molar-refractivity contribution < 1.29 is 23.9 Å². The van der Waals surface area contributed by atoms with Gasteiger partial charge in [0.05, 0.1) is 12.7 Å². The van der Waals surface area contributed by atoms with E-state index in [1.807, 2.05) is 13.8 Å². The van der Waals surface area contributed by atoms with E-state index in [0.717, 1.165) is 12.8 Å². The van der Waals surface area contributed by atoms with E-state index in [-0.39, 0.29) is 24.2 Å². The number of aromatic nitrogens is 1. The molecular formula is C16H24N2O5. The zero-order chi connectivity index (χ0) is 17.6. The SMILES string of the molecule is CCC(CC)NC(=O)COC(=O)c1[nH]c(C)c(C(=O)OC)c1C. The van der Waals surface area contributed by atoms with E-state index in [1.54, 1.807) is 13.8 Å². The van der Waals surface area contributed by atoms with Gasteiger partial charge in [-0.3, -0.25) is 4.79 Å². The predicted octanol–water partition coefficient (Wildman–Crippen LogP) is 1.88. The summed E-state index contributed by atoms with van der Waals surface area (Å²) < 4.78 is 9.69. The first-order valence-corrected chi connectivity index (χ1v) is 7.59. The van der Waals surface area contributed by atoms with Crippen LogP contribution in [-0.2, 0) is 14.3 Å². The summed E-state index contributed by atoms with van der Waals surface area (Å²) in [6, 6.07) is 0.0709. The maximum atomic E-state index is 12.1. The van der Waals surface area contributed by atoms with Gasteiger partial charge in [-0.1, -0.05) is 13.8 Å². The first kappa shape index (κ1) is 18.7. The fourth-order valence-corrected chi connectivity index (χ4v) is 2.33. The first-order chi connectivity index (χ1) is 10.8. The van der Waals surface area contributed by atoms with Gasteiger partial charge in [0.25, 0.3) is 5.91 Å². The fraction of sp³-hybridized carbons (Fsp3) is 0.562. The summed E-state index contributed by atoms with van der Waals surface area (Å²) in [7, 11) is 1.27. The lowest BCUT2D eigenvalue weighted by atomic mass is 10.1. The predicted molar refractivity (Wildman–Crippen MR) is 84.4 cm³/mol. The number of amides is 1. The Kier molecular flexibility index (Phi) is 6.81. The third kappa shape index (κ3) is 4.58. The molecule has 0 aliphatic heterocycles. The Morgan fingerprint density at radius 1 is 1.13 bits per heavy atom. The lowest BCUT2D eigenvalue weighted by molar-refractivity contribution is -0.125. The van der Waals surface area contributed by atoms with Crippen LogP contribution in [0.2, 0.25) is 0 Å². The van der Waals surface area contributed by atoms with Crippen molar-refractivity contribution in [2.75, 3.05) is 13.7 Å². The smallest absolute Gasteiger partial charge is 0.355 e. The van der Waals surface area contributed by atoms with Crippen molar-refractivity contribution >= 4 is 17.8 Å². The van der Waals surface area contributed by atoms with E-state index in [4.69, 9.17) is 4.74 Å². The molecule has 0 fully saturated rings. The largest absolute Gasteiger partial charge is 0.465 e. The average Bonchev–Trinajstić information content (AvgIpc) is 2.84. The third-order valence-electron chi connectivity index (χ3n) is 3.72. The number of aromatic amines is 1. The summed E-state index contributed by atoms with van der Waals surface area (Å²) >= 11 is 0. The van der Waals surface area contributed by atoms with Crippen molar-refractivity contribution in [3.8, 4) is 0 Å². The van der Waals surface area contributed by atoms with E-state index in [9.17, 15) is 14.4 Å². The second-order valence-electron chi connectivity index (χ2n) is 5.27. The van der Waals surface area contributed by atoms with Crippen molar-refractivity contribution in [3.63, 3.8) is 0 Å². The Bertz CT molecular complexity index is 588. The molecule has 0 saturated heterocycles. The fourth-order valence-electron chi connectivity index (χ4n) is 2.33. The number of nitrogens with one attached hydrogen (secondary N) is 2. The van der Waals surface area contributed by atoms with E-state index >= 15 is 0 Å². The molecule has 0 spiro atoms. The van der Waals surface area contributed by atoms with Gasteiger partial charge in [-0.2, -0.15) is 0 Å². The highest BCUT2D eigenvalue weighted by Gasteiger charge is 2.23. The van der Waals surface area contributed by atoms with Gasteiger partial charge in [-0.05, 0) is 32.3 Å². The summed E-state index contributed by atoms with van der Waals surface area (Å²) in [5.41, 5.74) is 1.42. The van der Waals surface area contributed by atoms with E-state index in [2.05, 4.69) is 15.0 Å². The number of carbonyl (C=O) groups excluding carboxylic acids is 3. The molecule has 0 aliphatic rings. The van der Waals surface area contributed by atoms with Crippen LogP contribution in [0.3, 0.4) is 0 Å². The van der Waals surface area contributed by atoms with Gasteiger partial charge in [0.1, 0.15) is 5.69 Å². The number of esters is 2. The molecule has 128 valence electrons. The van der Waals surface area contributed by atoms with Crippen LogP contribution in [0.15, 0.2) is 0 Å². The van der Waals surface area contributed by atoms with Crippen molar-refractivity contribution in [1.29, 1.82) is 0 Å². The Balaban J connectivity index is 2.73. The minimum Gasteiger partial charge on any atom is -0.465 e. The van der Waals surface area contributed by atoms with Gasteiger partial charge in [0.15, 0.2) is 6.61 Å². The molecule has 7 heteroatoms. The van der Waals surface area contributed by atoms with Crippen LogP contribution in [0.1, 0.15) is 58.8 Å². The maximum Gasteiger partial charge on any atom is 0.355 e. The van der Waals surface area contributed by atoms with Crippen molar-refractivity contribution in [2.45, 2.75) is 46.6 Å². The summed E-state index contributed by atoms with van der Waals surface area (Å²) in [5, 5.41) is 2.78. The highest BCUT2D eigenvalue weighted by molar-refractivity contribution is 5.99. The monoisotopic (exact) mass is 324 g/mol. The van der Waals surface area contributed by atoms with Gasteiger partial charge in [-0.25, -0.2) is 9.59 Å². The van der Waals surface area contributed by atoms with E-state index < -0.39 is 11.9 Å². The highest BCUT2D eigenvalue weighted by atomic mass is 16.5. The molecule has 1 amide bonds. The summed E-state index contributed by atoms with van der Waals surface area (Å²) in [4.78, 5) is 38.3. The number of carbonyl (C=O) groups is 3. The number of aryl methyl sites for hydroxylation is 1. The molecule has 7 nitrogen and oxygen atoms in total. The molecule has 1 rings (SSSR count). The number of hydrogen-bond donors (Lipinski definition) is 2. The zero-order valence-electron chi connectivity index (χ0n) is 14.2. The molecule has 0 bridgehead atoms. The van der Waals surface area contributed by atoms with Crippen molar-refractivity contribution in [2.24, 2.45) is 0 Å². The summed E-state index contributed by atoms with van der Waals surface area (Å²) in [6.45, 7) is 6.87. The molecule has 1 aromatic rings. The van der Waals surface area contributed by atoms with Gasteiger partial charge in [0.2, 0.25) is 0 Å². The molecule has 0 saturated carbocycles. The quantitative estimate of drug-likeness (QED) is 0.746. The van der Waals surface area contributed by atoms with E-state index in [0.29, 0.717) is 16.8 Å². The van der Waals surface area contributed by atoms with Gasteiger partial charge < -0.3 is 19.8 Å². The average molecular weight is 324 g/mol. The Morgan fingerprint density at radius 3 is 2.26 bits per heavy atom. The lowest BCUT2D eigenvalue weighted by Crippen LogP contribution is -2.36. The molecule has 2 N–H and O–H groups in total. The molecule has 23 heavy (non-hydrogen) atoms. The van der Waals surface area contributed by atoms with Gasteiger partial charge in [0, 0.05) is 11.7 Å². The van der Waals surface area contributed by atoms with Crippen LogP contribution < -0.4 is 5.32 Å². The molecule has 1 heterocycles. The maximum absolute atomic E-state index is 12.1. The number of rotatable bonds is 7. The summed E-state index contributed by atoms with van der Waals surface area (Å²) in [5.74, 6) is -1.55. The van der Waals surface area contributed by atoms with Crippen LogP contribution in [0.25, 0.3) is 0 Å². The second-order valence-corrected chi connectivity index (χ2v) is 5.27. The Labute approximate surface area is 135 Å². The van der Waals surface area contributed by atoms with Gasteiger partial charge >= 0.3 is 11.9 Å². The molecule has 0 radical (unpaired) electrons. The standard InChI is InChI=1S/C16H24N2O5/c1-6-11(7-2)18-12(19)8-23-16(21)14-9(3)13(10(4)17-14)15(20)22-5/h11,17H,6-8H2,1-5H3,(H,18,19). The van der Waals surface area contributed by atoms with Crippen LogP contribution in [0.5, 0.6) is 0 Å². The van der Waals surface area contributed by atoms with Crippen LogP contribution >= 0.6 is 0 Å². The van der Waals surface area contributed by atoms with Crippen LogP contribution in [0.4, 0.5) is 0 Å². The molecular weight excluding hydrogens is 300 g/mol. The normalized spacial score (nSPS) is 10.5. The zero-order valence-corrected chi connectivity index (χ0v) is 14.2. The van der Waals surface area contributed by atoms with Crippen LogP contribution in [-0.4, -0.2) is 42.6 Å². The summed E-state index contributed by atoms with van der Waals surface area (Å²) in [6.07, 6.45) is 1.63. The molecule has 0 unspecified atom stereocenters. The number of ether oxygens (including phenoxy) is 2. The minimum absolute atomic E-state index is 0.0709. The Morgan fingerprint density at radius 2 is 1.74 bits per heavy atom. The van der Waals surface area contributed by atoms with Crippen molar-refractivity contribution in [3.05, 3.63) is 22.5 Å². The van der Waals surface area contributed by atoms with Crippen LogP contribution in [0, 0.1) is 13.8 Å². The topological polar surface area (TPSA) is 97.5 Å². The first-order valence-electron chi connectivity index (χ1n) is 7.59. The number of hydrogen-bond acceptors (Lipinski definition) is 5. The van der Waals surface area contributed by atoms with Crippen molar-refractivity contribution in [1.82, 2.24) is 10.3 Å². The number of H-pyrrole nitrogens is 1. The number of methoxy groups -OCH3 is 1. The van der Waals surface area contributed by atoms with Gasteiger partial charge in [-0.15, -0.1) is 0 Å². The molecule has 0 aliphatic carbocycles. The minimum atomic E-state index is -0.680. The molecule has 0 aromatic carbocycles. The third-order valence-corrected chi connectivity index (χ3v) is 3.72. The second kappa shape index (κ2) is 8.36. The Hall–Kier alpha value is -2.31. The molecule has 1 aromatic heterocycles.